The number of fused-ring (bicyclic) bond motifs is 1. The number of carbonyl (C=O) groups excluding carboxylic acids is 1. The zero-order valence-corrected chi connectivity index (χ0v) is 12.4. The number of amides is 1. The Hall–Kier alpha value is -1.92. The molecule has 0 aliphatic heterocycles. The zero-order chi connectivity index (χ0) is 14.3. The first-order valence-corrected chi connectivity index (χ1v) is 7.19. The molecule has 0 aliphatic rings. The van der Waals surface area contributed by atoms with Crippen molar-refractivity contribution in [1.29, 1.82) is 0 Å². The highest BCUT2D eigenvalue weighted by molar-refractivity contribution is 7.14. The largest absolute Gasteiger partial charge is 0.320 e. The number of halogens is 1. The average molecular weight is 307 g/mol. The number of aromatic nitrogens is 3. The van der Waals surface area contributed by atoms with Crippen molar-refractivity contribution in [3.8, 4) is 0 Å². The molecule has 0 bridgehead atoms. The quantitative estimate of drug-likeness (QED) is 0.790. The Bertz CT molecular complexity index is 808. The van der Waals surface area contributed by atoms with Gasteiger partial charge in [-0.1, -0.05) is 29.0 Å². The molecule has 102 valence electrons. The molecular weight excluding hydrogens is 296 g/mol. The molecule has 1 N–H and O–H groups in total. The predicted octanol–water partition coefficient (Wildman–Crippen LogP) is 3.31. The first-order chi connectivity index (χ1) is 9.58. The number of benzene rings is 1. The van der Waals surface area contributed by atoms with Crippen molar-refractivity contribution < 1.29 is 4.79 Å². The molecule has 0 fully saturated rings. The van der Waals surface area contributed by atoms with Crippen LogP contribution in [0.5, 0.6) is 0 Å². The second-order valence-electron chi connectivity index (χ2n) is 4.35. The summed E-state index contributed by atoms with van der Waals surface area (Å²) in [6.45, 7) is 3.65. The van der Waals surface area contributed by atoms with Crippen LogP contribution in [0.4, 0.5) is 5.69 Å². The van der Waals surface area contributed by atoms with Gasteiger partial charge in [-0.2, -0.15) is 9.61 Å². The molecule has 1 aromatic carbocycles. The van der Waals surface area contributed by atoms with Gasteiger partial charge in [-0.15, -0.1) is 0 Å². The molecule has 2 heterocycles. The number of anilines is 1. The third-order valence-electron chi connectivity index (χ3n) is 3.05. The minimum absolute atomic E-state index is 0.244. The molecule has 20 heavy (non-hydrogen) atoms. The molecular formula is C13H11ClN4OS. The SMILES string of the molecule is Cc1nc2scnn2c1C(=O)Nc1cccc(Cl)c1C. The van der Waals surface area contributed by atoms with Gasteiger partial charge in [-0.25, -0.2) is 4.98 Å². The maximum absolute atomic E-state index is 12.4. The van der Waals surface area contributed by atoms with E-state index in [2.05, 4.69) is 15.4 Å². The van der Waals surface area contributed by atoms with Crippen LogP contribution >= 0.6 is 22.9 Å². The maximum Gasteiger partial charge on any atom is 0.276 e. The predicted molar refractivity (Wildman–Crippen MR) is 79.7 cm³/mol. The summed E-state index contributed by atoms with van der Waals surface area (Å²) in [7, 11) is 0. The molecule has 0 saturated heterocycles. The summed E-state index contributed by atoms with van der Waals surface area (Å²) in [5, 5.41) is 7.60. The summed E-state index contributed by atoms with van der Waals surface area (Å²) < 4.78 is 1.55. The van der Waals surface area contributed by atoms with Crippen molar-refractivity contribution in [2.45, 2.75) is 13.8 Å². The fraction of sp³-hybridized carbons (Fsp3) is 0.154. The molecule has 1 amide bonds. The van der Waals surface area contributed by atoms with Crippen molar-refractivity contribution >= 4 is 39.5 Å². The smallest absolute Gasteiger partial charge is 0.276 e. The summed E-state index contributed by atoms with van der Waals surface area (Å²) in [5.41, 5.74) is 4.27. The van der Waals surface area contributed by atoms with Crippen molar-refractivity contribution in [1.82, 2.24) is 14.6 Å². The second-order valence-corrected chi connectivity index (χ2v) is 5.56. The van der Waals surface area contributed by atoms with Gasteiger partial charge in [-0.05, 0) is 31.5 Å². The Labute approximate surface area is 124 Å². The highest BCUT2D eigenvalue weighted by Gasteiger charge is 2.19. The topological polar surface area (TPSA) is 59.3 Å². The number of imidazole rings is 1. The number of nitrogens with zero attached hydrogens (tertiary/aromatic N) is 3. The summed E-state index contributed by atoms with van der Waals surface area (Å²) >= 11 is 7.44. The lowest BCUT2D eigenvalue weighted by molar-refractivity contribution is 0.101. The lowest BCUT2D eigenvalue weighted by atomic mass is 10.2. The van der Waals surface area contributed by atoms with Crippen LogP contribution in [-0.4, -0.2) is 20.5 Å². The Morgan fingerprint density at radius 3 is 3.00 bits per heavy atom. The van der Waals surface area contributed by atoms with Gasteiger partial charge in [0.05, 0.1) is 5.69 Å². The minimum Gasteiger partial charge on any atom is -0.320 e. The lowest BCUT2D eigenvalue weighted by Gasteiger charge is -2.09. The molecule has 3 aromatic rings. The summed E-state index contributed by atoms with van der Waals surface area (Å²) in [4.78, 5) is 17.4. The van der Waals surface area contributed by atoms with E-state index in [4.69, 9.17) is 11.6 Å². The van der Waals surface area contributed by atoms with Crippen LogP contribution in [0.3, 0.4) is 0 Å². The van der Waals surface area contributed by atoms with Gasteiger partial charge >= 0.3 is 0 Å². The first-order valence-electron chi connectivity index (χ1n) is 5.93. The highest BCUT2D eigenvalue weighted by Crippen LogP contribution is 2.24. The molecule has 0 atom stereocenters. The van der Waals surface area contributed by atoms with E-state index in [1.54, 1.807) is 29.1 Å². The summed E-state index contributed by atoms with van der Waals surface area (Å²) in [6, 6.07) is 5.40. The molecule has 0 radical (unpaired) electrons. The van der Waals surface area contributed by atoms with Crippen LogP contribution in [0.1, 0.15) is 21.7 Å². The number of hydrogen-bond acceptors (Lipinski definition) is 4. The van der Waals surface area contributed by atoms with Crippen LogP contribution < -0.4 is 5.32 Å². The van der Waals surface area contributed by atoms with E-state index < -0.39 is 0 Å². The molecule has 0 aliphatic carbocycles. The van der Waals surface area contributed by atoms with E-state index in [0.717, 1.165) is 5.56 Å². The summed E-state index contributed by atoms with van der Waals surface area (Å²) in [6.07, 6.45) is 0. The number of aryl methyl sites for hydroxylation is 1. The van der Waals surface area contributed by atoms with E-state index in [1.807, 2.05) is 13.0 Å². The van der Waals surface area contributed by atoms with Crippen LogP contribution in [0, 0.1) is 13.8 Å². The monoisotopic (exact) mass is 306 g/mol. The molecule has 2 aromatic heterocycles. The molecule has 0 spiro atoms. The number of rotatable bonds is 2. The van der Waals surface area contributed by atoms with E-state index >= 15 is 0 Å². The number of hydrogen-bond donors (Lipinski definition) is 1. The first kappa shape index (κ1) is 13.1. The third kappa shape index (κ3) is 2.07. The van der Waals surface area contributed by atoms with Gasteiger partial charge < -0.3 is 5.32 Å². The van der Waals surface area contributed by atoms with Crippen molar-refractivity contribution in [2.24, 2.45) is 0 Å². The Morgan fingerprint density at radius 1 is 1.40 bits per heavy atom. The summed E-state index contributed by atoms with van der Waals surface area (Å²) in [5.74, 6) is -0.244. The van der Waals surface area contributed by atoms with Gasteiger partial charge in [0.1, 0.15) is 5.51 Å². The van der Waals surface area contributed by atoms with Crippen molar-refractivity contribution in [3.05, 3.63) is 45.7 Å². The van der Waals surface area contributed by atoms with E-state index in [0.29, 0.717) is 27.1 Å². The molecule has 0 unspecified atom stereocenters. The van der Waals surface area contributed by atoms with E-state index in [9.17, 15) is 4.79 Å². The Balaban J connectivity index is 1.99. The van der Waals surface area contributed by atoms with E-state index in [-0.39, 0.29) is 5.91 Å². The van der Waals surface area contributed by atoms with Crippen LogP contribution in [0.2, 0.25) is 5.02 Å². The van der Waals surface area contributed by atoms with Gasteiger partial charge in [-0.3, -0.25) is 4.79 Å². The fourth-order valence-corrected chi connectivity index (χ4v) is 2.82. The fourth-order valence-electron chi connectivity index (χ4n) is 1.98. The van der Waals surface area contributed by atoms with Gasteiger partial charge in [0.2, 0.25) is 4.96 Å². The van der Waals surface area contributed by atoms with Gasteiger partial charge in [0, 0.05) is 10.7 Å². The van der Waals surface area contributed by atoms with Crippen LogP contribution in [-0.2, 0) is 0 Å². The highest BCUT2D eigenvalue weighted by atomic mass is 35.5. The Kier molecular flexibility index (Phi) is 3.19. The van der Waals surface area contributed by atoms with Gasteiger partial charge in [0.25, 0.3) is 5.91 Å². The maximum atomic E-state index is 12.4. The van der Waals surface area contributed by atoms with Crippen LogP contribution in [0.25, 0.3) is 4.96 Å². The standard InChI is InChI=1S/C13H11ClN4OS/c1-7-9(14)4-3-5-10(7)17-12(19)11-8(2)16-13-18(11)15-6-20-13/h3-6H,1-2H3,(H,17,19). The lowest BCUT2D eigenvalue weighted by Crippen LogP contribution is -2.16. The average Bonchev–Trinajstić information content (AvgIpc) is 2.94. The van der Waals surface area contributed by atoms with Crippen molar-refractivity contribution in [2.75, 3.05) is 5.32 Å². The zero-order valence-electron chi connectivity index (χ0n) is 10.8. The number of carbonyl (C=O) groups is 1. The minimum atomic E-state index is -0.244. The third-order valence-corrected chi connectivity index (χ3v) is 4.13. The van der Waals surface area contributed by atoms with Gasteiger partial charge in [0.15, 0.2) is 5.69 Å². The van der Waals surface area contributed by atoms with E-state index in [1.165, 1.54) is 11.3 Å². The second kappa shape index (κ2) is 4.88. The Morgan fingerprint density at radius 2 is 2.20 bits per heavy atom. The van der Waals surface area contributed by atoms with Crippen LogP contribution in [0.15, 0.2) is 23.7 Å². The number of nitrogens with one attached hydrogen (secondary N) is 1. The molecule has 0 saturated carbocycles. The van der Waals surface area contributed by atoms with Crippen molar-refractivity contribution in [3.63, 3.8) is 0 Å². The molecule has 3 rings (SSSR count). The normalized spacial score (nSPS) is 10.9. The molecule has 5 nitrogen and oxygen atoms in total. The molecule has 7 heteroatoms.